The van der Waals surface area contributed by atoms with Crippen LogP contribution in [-0.2, 0) is 10.0 Å². The highest BCUT2D eigenvalue weighted by molar-refractivity contribution is 7.94. The largest absolute Gasteiger partial charge is 0.375 e. The molecule has 0 spiro atoms. The molecule has 0 fully saturated rings. The molecule has 0 amide bonds. The Morgan fingerprint density at radius 1 is 1.32 bits per heavy atom. The molecule has 9 heteroatoms. The van der Waals surface area contributed by atoms with Gasteiger partial charge in [-0.25, -0.2) is 13.4 Å². The van der Waals surface area contributed by atoms with Gasteiger partial charge in [-0.3, -0.25) is 4.72 Å². The Morgan fingerprint density at radius 2 is 2.00 bits per heavy atom. The van der Waals surface area contributed by atoms with Gasteiger partial charge in [-0.1, -0.05) is 34.5 Å². The molecule has 0 aliphatic carbocycles. The Morgan fingerprint density at radius 3 is 2.53 bits per heavy atom. The number of benzene rings is 1. The van der Waals surface area contributed by atoms with Crippen molar-refractivity contribution in [2.45, 2.75) is 11.1 Å². The van der Waals surface area contributed by atoms with Crippen molar-refractivity contribution < 1.29 is 8.42 Å². The molecule has 2 aromatic rings. The maximum atomic E-state index is 12.2. The fourth-order valence-corrected chi connectivity index (χ4v) is 4.06. The van der Waals surface area contributed by atoms with Gasteiger partial charge in [-0.2, -0.15) is 0 Å². The van der Waals surface area contributed by atoms with Crippen molar-refractivity contribution in [2.75, 3.05) is 10.5 Å². The number of halogens is 2. The minimum Gasteiger partial charge on any atom is -0.375 e. The van der Waals surface area contributed by atoms with E-state index in [2.05, 4.69) is 9.71 Å². The van der Waals surface area contributed by atoms with Crippen LogP contribution in [0.3, 0.4) is 0 Å². The smallest absolute Gasteiger partial charge is 0.273 e. The summed E-state index contributed by atoms with van der Waals surface area (Å²) in [5.74, 6) is 0. The molecule has 2 rings (SSSR count). The molecule has 0 radical (unpaired) electrons. The Hall–Kier alpha value is -1.02. The maximum absolute atomic E-state index is 12.2. The van der Waals surface area contributed by atoms with E-state index >= 15 is 0 Å². The average Bonchev–Trinajstić information content (AvgIpc) is 2.63. The van der Waals surface area contributed by atoms with Crippen LogP contribution in [0.5, 0.6) is 0 Å². The molecule has 1 aromatic carbocycles. The summed E-state index contributed by atoms with van der Waals surface area (Å²) in [5.41, 5.74) is 6.17. The van der Waals surface area contributed by atoms with Gasteiger partial charge in [0.25, 0.3) is 10.0 Å². The van der Waals surface area contributed by atoms with Crippen molar-refractivity contribution >= 4 is 55.4 Å². The van der Waals surface area contributed by atoms with Gasteiger partial charge in [0, 0.05) is 0 Å². The number of sulfonamides is 1. The monoisotopic (exact) mass is 337 g/mol. The molecule has 3 N–H and O–H groups in total. The third-order valence-corrected chi connectivity index (χ3v) is 5.90. The zero-order chi connectivity index (χ0) is 14.2. The molecule has 102 valence electrons. The third-order valence-electron chi connectivity index (χ3n) is 2.19. The minimum atomic E-state index is -3.73. The Labute approximate surface area is 124 Å². The van der Waals surface area contributed by atoms with Gasteiger partial charge >= 0.3 is 0 Å². The fraction of sp³-hybridized carbons (Fsp3) is 0.100. The second kappa shape index (κ2) is 5.16. The van der Waals surface area contributed by atoms with Gasteiger partial charge < -0.3 is 5.73 Å². The van der Waals surface area contributed by atoms with Gasteiger partial charge in [-0.15, -0.1) is 0 Å². The second-order valence-electron chi connectivity index (χ2n) is 3.66. The van der Waals surface area contributed by atoms with Gasteiger partial charge in [0.05, 0.1) is 21.4 Å². The number of aryl methyl sites for hydroxylation is 1. The number of thiazole rings is 1. The first-order valence-corrected chi connectivity index (χ1v) is 8.06. The molecule has 0 aliphatic heterocycles. The lowest BCUT2D eigenvalue weighted by molar-refractivity contribution is 0.602. The Kier molecular flexibility index (Phi) is 3.91. The van der Waals surface area contributed by atoms with E-state index in [1.807, 2.05) is 0 Å². The highest BCUT2D eigenvalue weighted by atomic mass is 35.5. The van der Waals surface area contributed by atoms with Crippen LogP contribution < -0.4 is 10.5 Å². The number of hydrogen-bond donors (Lipinski definition) is 2. The van der Waals surface area contributed by atoms with Gasteiger partial charge in [-0.05, 0) is 25.1 Å². The number of nitrogens with zero attached hydrogens (tertiary/aromatic N) is 1. The summed E-state index contributed by atoms with van der Waals surface area (Å²) in [6.07, 6.45) is 0. The maximum Gasteiger partial charge on any atom is 0.273 e. The Bertz CT molecular complexity index is 728. The number of rotatable bonds is 3. The average molecular weight is 338 g/mol. The van der Waals surface area contributed by atoms with Gasteiger partial charge in [0.15, 0.2) is 9.34 Å². The Balaban J connectivity index is 2.36. The predicted octanol–water partition coefficient (Wildman–Crippen LogP) is 3.14. The van der Waals surface area contributed by atoms with Crippen LogP contribution >= 0.6 is 34.5 Å². The van der Waals surface area contributed by atoms with E-state index in [1.54, 1.807) is 6.92 Å². The molecular formula is C10H9Cl2N3O2S2. The first-order chi connectivity index (χ1) is 8.79. The number of hydrogen-bond acceptors (Lipinski definition) is 5. The quantitative estimate of drug-likeness (QED) is 0.900. The number of nitrogen functional groups attached to an aromatic ring is 1. The van der Waals surface area contributed by atoms with E-state index in [9.17, 15) is 8.42 Å². The normalized spacial score (nSPS) is 11.5. The first-order valence-electron chi connectivity index (χ1n) is 5.00. The molecule has 5 nitrogen and oxygen atoms in total. The number of aromatic nitrogens is 1. The molecule has 0 atom stereocenters. The van der Waals surface area contributed by atoms with E-state index < -0.39 is 10.0 Å². The zero-order valence-electron chi connectivity index (χ0n) is 9.65. The minimum absolute atomic E-state index is 0.0797. The molecule has 0 saturated heterocycles. The van der Waals surface area contributed by atoms with Crippen LogP contribution in [0.2, 0.25) is 10.0 Å². The molecule has 0 aliphatic rings. The summed E-state index contributed by atoms with van der Waals surface area (Å²) in [6, 6.07) is 4.46. The lowest BCUT2D eigenvalue weighted by atomic mass is 10.3. The van der Waals surface area contributed by atoms with Crippen LogP contribution in [0.1, 0.15) is 5.69 Å². The molecule has 0 saturated carbocycles. The lowest BCUT2D eigenvalue weighted by Gasteiger charge is -2.07. The molecule has 1 aromatic heterocycles. The zero-order valence-corrected chi connectivity index (χ0v) is 12.8. The molecular weight excluding hydrogens is 329 g/mol. The van der Waals surface area contributed by atoms with E-state index in [0.29, 0.717) is 16.4 Å². The van der Waals surface area contributed by atoms with E-state index in [1.165, 1.54) is 18.2 Å². The van der Waals surface area contributed by atoms with Crippen molar-refractivity contribution in [3.63, 3.8) is 0 Å². The fourth-order valence-electron chi connectivity index (χ4n) is 1.41. The predicted molar refractivity (Wildman–Crippen MR) is 78.5 cm³/mol. The second-order valence-corrected chi connectivity index (χ2v) is 7.38. The SMILES string of the molecule is Cc1nc(N)sc1S(=O)(=O)Nc1ccc(Cl)c(Cl)c1. The summed E-state index contributed by atoms with van der Waals surface area (Å²) in [4.78, 5) is 3.88. The molecule has 0 unspecified atom stereocenters. The van der Waals surface area contributed by atoms with Crippen LogP contribution in [0.4, 0.5) is 10.8 Å². The van der Waals surface area contributed by atoms with E-state index in [0.717, 1.165) is 11.3 Å². The number of nitrogens with two attached hydrogens (primary N) is 1. The van der Waals surface area contributed by atoms with Crippen molar-refractivity contribution in [3.8, 4) is 0 Å². The van der Waals surface area contributed by atoms with Crippen LogP contribution in [-0.4, -0.2) is 13.4 Å². The topological polar surface area (TPSA) is 85.1 Å². The highest BCUT2D eigenvalue weighted by Gasteiger charge is 2.21. The van der Waals surface area contributed by atoms with Crippen molar-refractivity contribution in [1.29, 1.82) is 0 Å². The van der Waals surface area contributed by atoms with Crippen LogP contribution in [0.25, 0.3) is 0 Å². The summed E-state index contributed by atoms with van der Waals surface area (Å²) in [5, 5.41) is 0.817. The van der Waals surface area contributed by atoms with Gasteiger partial charge in [0.1, 0.15) is 0 Å². The van der Waals surface area contributed by atoms with E-state index in [4.69, 9.17) is 28.9 Å². The summed E-state index contributed by atoms with van der Waals surface area (Å²) in [7, 11) is -3.73. The van der Waals surface area contributed by atoms with E-state index in [-0.39, 0.29) is 14.4 Å². The van der Waals surface area contributed by atoms with Crippen molar-refractivity contribution in [3.05, 3.63) is 33.9 Å². The van der Waals surface area contributed by atoms with Crippen molar-refractivity contribution in [1.82, 2.24) is 4.98 Å². The van der Waals surface area contributed by atoms with Crippen molar-refractivity contribution in [2.24, 2.45) is 0 Å². The van der Waals surface area contributed by atoms with Gasteiger partial charge in [0.2, 0.25) is 0 Å². The molecule has 1 heterocycles. The number of anilines is 2. The summed E-state index contributed by atoms with van der Waals surface area (Å²) >= 11 is 12.5. The van der Waals surface area contributed by atoms with Crippen LogP contribution in [0, 0.1) is 6.92 Å². The summed E-state index contributed by atoms with van der Waals surface area (Å²) in [6.45, 7) is 1.58. The summed E-state index contributed by atoms with van der Waals surface area (Å²) < 4.78 is 26.8. The first kappa shape index (κ1) is 14.4. The standard InChI is InChI=1S/C10H9Cl2N3O2S2/c1-5-9(18-10(13)14-5)19(16,17)15-6-2-3-7(11)8(12)4-6/h2-4,15H,1H3,(H2,13,14). The third kappa shape index (κ3) is 3.11. The van der Waals surface area contributed by atoms with Crippen LogP contribution in [0.15, 0.2) is 22.4 Å². The lowest BCUT2D eigenvalue weighted by Crippen LogP contribution is -2.12. The highest BCUT2D eigenvalue weighted by Crippen LogP contribution is 2.29. The molecule has 0 bridgehead atoms. The number of nitrogens with one attached hydrogen (secondary N) is 1. The molecule has 19 heavy (non-hydrogen) atoms.